The number of halogens is 2. The summed E-state index contributed by atoms with van der Waals surface area (Å²) in [6.45, 7) is 4.43. The van der Waals surface area contributed by atoms with Gasteiger partial charge in [0.15, 0.2) is 17.3 Å². The summed E-state index contributed by atoms with van der Waals surface area (Å²) in [5.41, 5.74) is 1.09. The molecule has 0 radical (unpaired) electrons. The first-order chi connectivity index (χ1) is 19.9. The van der Waals surface area contributed by atoms with Crippen LogP contribution in [0.5, 0.6) is 11.5 Å². The lowest BCUT2D eigenvalue weighted by molar-refractivity contribution is 0.0321. The summed E-state index contributed by atoms with van der Waals surface area (Å²) >= 11 is 7.07. The normalized spacial score (nSPS) is 15.1. The van der Waals surface area contributed by atoms with Crippen LogP contribution in [0.2, 0.25) is 5.02 Å². The Kier molecular flexibility index (Phi) is 7.58. The molecule has 2 N–H and O–H groups in total. The monoisotopic (exact) mass is 598 g/mol. The number of carbonyl (C=O) groups excluding carboxylic acids is 2. The van der Waals surface area contributed by atoms with E-state index in [1.807, 2.05) is 0 Å². The van der Waals surface area contributed by atoms with Crippen LogP contribution < -0.4 is 25.0 Å². The summed E-state index contributed by atoms with van der Waals surface area (Å²) in [7, 11) is 1.53. The minimum absolute atomic E-state index is 0.138. The predicted octanol–water partition coefficient (Wildman–Crippen LogP) is 5.14. The summed E-state index contributed by atoms with van der Waals surface area (Å²) < 4.78 is 30.6. The highest BCUT2D eigenvalue weighted by Crippen LogP contribution is 2.45. The molecule has 2 aromatic carbocycles. The maximum atomic E-state index is 13.8. The molecule has 2 aliphatic heterocycles. The average molecular weight is 599 g/mol. The first-order valence-corrected chi connectivity index (χ1v) is 13.9. The fraction of sp³-hybridized carbons (Fsp3) is 0.259. The van der Waals surface area contributed by atoms with Crippen LogP contribution in [-0.2, 0) is 4.74 Å². The SMILES string of the molecule is COc1cc(NC(=O)c2sc3ncnc4c3c2NC(=O)N4c2ccc(F)c(Cl)c2)ccc1OCCN1CCOCC1. The number of benzene rings is 2. The van der Waals surface area contributed by atoms with Crippen LogP contribution in [0.25, 0.3) is 10.2 Å². The Bertz CT molecular complexity index is 1650. The van der Waals surface area contributed by atoms with Gasteiger partial charge >= 0.3 is 6.03 Å². The molecule has 0 bridgehead atoms. The number of ether oxygens (including phenoxy) is 3. The number of rotatable bonds is 8. The first kappa shape index (κ1) is 27.1. The zero-order chi connectivity index (χ0) is 28.5. The molecule has 14 heteroatoms. The van der Waals surface area contributed by atoms with Gasteiger partial charge in [0.2, 0.25) is 0 Å². The number of nitrogens with one attached hydrogen (secondary N) is 2. The van der Waals surface area contributed by atoms with Crippen LogP contribution in [0.15, 0.2) is 42.7 Å². The second kappa shape index (κ2) is 11.4. The third-order valence-corrected chi connectivity index (χ3v) is 8.06. The standard InChI is InChI=1S/C27H24ClFN6O5S/c1-38-20-12-15(2-5-19(20)40-11-8-34-6-9-39-10-7-34)32-25(36)23-22-21-24(30-14-31-26(21)41-23)35(27(37)33-22)16-3-4-18(29)17(28)13-16/h2-5,12-14H,6-11H2,1H3,(H,32,36)(H,33,37). The van der Waals surface area contributed by atoms with E-state index in [4.69, 9.17) is 25.8 Å². The molecule has 212 valence electrons. The fourth-order valence-corrected chi connectivity index (χ4v) is 5.81. The van der Waals surface area contributed by atoms with Gasteiger partial charge in [-0.3, -0.25) is 9.69 Å². The van der Waals surface area contributed by atoms with Crippen molar-refractivity contribution < 1.29 is 28.2 Å². The average Bonchev–Trinajstić information content (AvgIpc) is 3.35. The minimum atomic E-state index is -0.611. The smallest absolute Gasteiger partial charge is 0.332 e. The van der Waals surface area contributed by atoms with E-state index in [2.05, 4.69) is 25.5 Å². The molecule has 3 amide bonds. The molecule has 0 aliphatic carbocycles. The van der Waals surface area contributed by atoms with E-state index in [0.29, 0.717) is 45.4 Å². The Balaban J connectivity index is 1.22. The van der Waals surface area contributed by atoms with E-state index in [-0.39, 0.29) is 15.7 Å². The molecule has 6 rings (SSSR count). The molecule has 1 saturated heterocycles. The Labute approximate surface area is 242 Å². The highest BCUT2D eigenvalue weighted by molar-refractivity contribution is 7.21. The maximum absolute atomic E-state index is 13.8. The highest BCUT2D eigenvalue weighted by atomic mass is 35.5. The molecule has 2 aromatic heterocycles. The van der Waals surface area contributed by atoms with Crippen molar-refractivity contribution in [1.29, 1.82) is 0 Å². The van der Waals surface area contributed by atoms with Crippen molar-refractivity contribution in [3.63, 3.8) is 0 Å². The molecule has 0 atom stereocenters. The second-order valence-corrected chi connectivity index (χ2v) is 10.6. The fourth-order valence-electron chi connectivity index (χ4n) is 4.65. The lowest BCUT2D eigenvalue weighted by atomic mass is 10.2. The van der Waals surface area contributed by atoms with E-state index < -0.39 is 17.8 Å². The van der Waals surface area contributed by atoms with Gasteiger partial charge in [-0.2, -0.15) is 0 Å². The van der Waals surface area contributed by atoms with Crippen LogP contribution in [0.3, 0.4) is 0 Å². The number of morpholine rings is 1. The van der Waals surface area contributed by atoms with Crippen molar-refractivity contribution in [1.82, 2.24) is 14.9 Å². The molecule has 0 saturated carbocycles. The van der Waals surface area contributed by atoms with Gasteiger partial charge in [-0.1, -0.05) is 11.6 Å². The number of thiophene rings is 1. The van der Waals surface area contributed by atoms with Crippen LogP contribution in [0.1, 0.15) is 9.67 Å². The van der Waals surface area contributed by atoms with Crippen molar-refractivity contribution in [3.8, 4) is 11.5 Å². The predicted molar refractivity (Wildman–Crippen MR) is 154 cm³/mol. The van der Waals surface area contributed by atoms with Crippen LogP contribution in [0, 0.1) is 5.82 Å². The molecule has 41 heavy (non-hydrogen) atoms. The van der Waals surface area contributed by atoms with Crippen molar-refractivity contribution in [3.05, 3.63) is 58.4 Å². The lowest BCUT2D eigenvalue weighted by Gasteiger charge is -2.27. The molecule has 4 heterocycles. The van der Waals surface area contributed by atoms with E-state index in [0.717, 1.165) is 44.2 Å². The Morgan fingerprint density at radius 1 is 1.20 bits per heavy atom. The molecular weight excluding hydrogens is 575 g/mol. The quantitative estimate of drug-likeness (QED) is 0.286. The number of aromatic nitrogens is 2. The summed E-state index contributed by atoms with van der Waals surface area (Å²) in [5, 5.41) is 5.98. The molecule has 0 spiro atoms. The second-order valence-electron chi connectivity index (χ2n) is 9.17. The largest absolute Gasteiger partial charge is 0.493 e. The molecule has 4 aromatic rings. The van der Waals surface area contributed by atoms with Gasteiger partial charge < -0.3 is 24.8 Å². The summed E-state index contributed by atoms with van der Waals surface area (Å²) in [5.74, 6) is 0.226. The van der Waals surface area contributed by atoms with Crippen LogP contribution in [0.4, 0.5) is 32.1 Å². The van der Waals surface area contributed by atoms with Crippen molar-refractivity contribution in [2.24, 2.45) is 0 Å². The van der Waals surface area contributed by atoms with E-state index in [9.17, 15) is 14.0 Å². The van der Waals surface area contributed by atoms with E-state index in [1.54, 1.807) is 18.2 Å². The van der Waals surface area contributed by atoms with Gasteiger partial charge in [-0.25, -0.2) is 24.1 Å². The molecule has 11 nitrogen and oxygen atoms in total. The summed E-state index contributed by atoms with van der Waals surface area (Å²) in [4.78, 5) is 39.5. The maximum Gasteiger partial charge on any atom is 0.332 e. The van der Waals surface area contributed by atoms with Gasteiger partial charge in [-0.15, -0.1) is 11.3 Å². The minimum Gasteiger partial charge on any atom is -0.493 e. The lowest BCUT2D eigenvalue weighted by Crippen LogP contribution is -2.38. The zero-order valence-corrected chi connectivity index (χ0v) is 23.4. The number of hydrogen-bond acceptors (Lipinski definition) is 9. The number of methoxy groups -OCH3 is 1. The molecule has 0 unspecified atom stereocenters. The van der Waals surface area contributed by atoms with Crippen molar-refractivity contribution in [2.45, 2.75) is 0 Å². The van der Waals surface area contributed by atoms with Crippen molar-refractivity contribution >= 4 is 68.0 Å². The first-order valence-electron chi connectivity index (χ1n) is 12.7. The topological polar surface area (TPSA) is 118 Å². The van der Waals surface area contributed by atoms with Crippen molar-refractivity contribution in [2.75, 3.05) is 62.1 Å². The van der Waals surface area contributed by atoms with Crippen LogP contribution in [-0.4, -0.2) is 73.4 Å². The van der Waals surface area contributed by atoms with Gasteiger partial charge in [0.1, 0.15) is 28.5 Å². The third-order valence-electron chi connectivity index (χ3n) is 6.67. The van der Waals surface area contributed by atoms with E-state index in [1.165, 1.54) is 36.5 Å². The van der Waals surface area contributed by atoms with E-state index >= 15 is 0 Å². The molecule has 1 fully saturated rings. The number of anilines is 4. The number of hydrogen-bond donors (Lipinski definition) is 2. The van der Waals surface area contributed by atoms with Gasteiger partial charge in [0, 0.05) is 31.4 Å². The molecular formula is C27H24ClFN6O5S. The third kappa shape index (κ3) is 5.36. The Morgan fingerprint density at radius 2 is 2.02 bits per heavy atom. The molecule has 2 aliphatic rings. The Morgan fingerprint density at radius 3 is 2.80 bits per heavy atom. The Hall–Kier alpha value is -4.04. The number of amides is 3. The zero-order valence-electron chi connectivity index (χ0n) is 21.8. The number of nitrogens with zero attached hydrogens (tertiary/aromatic N) is 4. The number of carbonyl (C=O) groups is 2. The van der Waals surface area contributed by atoms with Gasteiger partial charge in [-0.05, 0) is 30.3 Å². The number of urea groups is 1. The summed E-state index contributed by atoms with van der Waals surface area (Å²) in [6, 6.07) is 8.47. The van der Waals surface area contributed by atoms with Gasteiger partial charge in [0.25, 0.3) is 5.91 Å². The van der Waals surface area contributed by atoms with Crippen LogP contribution >= 0.6 is 22.9 Å². The summed E-state index contributed by atoms with van der Waals surface area (Å²) in [6.07, 6.45) is 1.30. The van der Waals surface area contributed by atoms with Gasteiger partial charge in [0.05, 0.1) is 42.1 Å². The highest BCUT2D eigenvalue weighted by Gasteiger charge is 2.34.